The molecule has 23 heavy (non-hydrogen) atoms. The van der Waals surface area contributed by atoms with Gasteiger partial charge in [-0.1, -0.05) is 69.2 Å². The fraction of sp³-hybridized carbons (Fsp3) is 1.00. The molecule has 0 aromatic rings. The van der Waals surface area contributed by atoms with Crippen molar-refractivity contribution in [3.8, 4) is 0 Å². The average Bonchev–Trinajstić information content (AvgIpc) is 2.50. The maximum atomic E-state index is 2.60. The fourth-order valence-corrected chi connectivity index (χ4v) is 3.06. The highest BCUT2D eigenvalue weighted by Gasteiger charge is 2.43. The summed E-state index contributed by atoms with van der Waals surface area (Å²) in [6.07, 6.45) is 1.14. The molecule has 3 unspecified atom stereocenters. The van der Waals surface area contributed by atoms with Crippen LogP contribution in [-0.2, 0) is 0 Å². The summed E-state index contributed by atoms with van der Waals surface area (Å²) >= 11 is 0. The third-order valence-corrected chi connectivity index (χ3v) is 5.89. The molecule has 0 aromatic heterocycles. The molecular weight excluding hydrogens is 279 g/mol. The molecule has 2 radical (unpaired) electrons. The van der Waals surface area contributed by atoms with E-state index in [0.29, 0.717) is 42.9 Å². The minimum Gasteiger partial charge on any atom is -0.362 e. The Labute approximate surface area is 148 Å². The topological polar surface area (TPSA) is 9.72 Å². The van der Waals surface area contributed by atoms with Gasteiger partial charge >= 0.3 is 0 Å². The minimum absolute atomic E-state index is 0.459. The monoisotopic (exact) mass is 317 g/mol. The SMILES string of the molecule is CCB1N(C(C)C(C)C)[B]N(C(C)C(C)C)[B]N1C(C)C(C)C. The van der Waals surface area contributed by atoms with Gasteiger partial charge in [-0.25, -0.2) is 0 Å². The van der Waals surface area contributed by atoms with Crippen molar-refractivity contribution in [3.05, 3.63) is 0 Å². The van der Waals surface area contributed by atoms with Gasteiger partial charge in [0, 0.05) is 0 Å². The molecule has 0 saturated carbocycles. The summed E-state index contributed by atoms with van der Waals surface area (Å²) < 4.78 is 7.64. The molecule has 6 heteroatoms. The highest BCUT2D eigenvalue weighted by molar-refractivity contribution is 6.74. The number of hydrogen-bond donors (Lipinski definition) is 0. The molecule has 0 N–H and O–H groups in total. The van der Waals surface area contributed by atoms with Gasteiger partial charge < -0.3 is 14.2 Å². The average molecular weight is 317 g/mol. The molecule has 1 rings (SSSR count). The minimum atomic E-state index is 0.459. The Morgan fingerprint density at radius 1 is 0.652 bits per heavy atom. The van der Waals surface area contributed by atoms with Gasteiger partial charge in [-0.15, -0.1) is 0 Å². The molecular formula is C17H38B3N3. The van der Waals surface area contributed by atoms with E-state index in [9.17, 15) is 0 Å². The number of hydrogen-bond acceptors (Lipinski definition) is 3. The van der Waals surface area contributed by atoms with E-state index in [1.165, 1.54) is 0 Å². The normalized spacial score (nSPS) is 22.4. The molecule has 1 heterocycles. The van der Waals surface area contributed by atoms with Gasteiger partial charge in [0.05, 0.1) is 0 Å². The summed E-state index contributed by atoms with van der Waals surface area (Å²) in [4.78, 5) is 0. The Morgan fingerprint density at radius 3 is 1.26 bits per heavy atom. The van der Waals surface area contributed by atoms with Crippen LogP contribution in [0.25, 0.3) is 0 Å². The van der Waals surface area contributed by atoms with E-state index in [4.69, 9.17) is 0 Å². The molecule has 0 aromatic carbocycles. The van der Waals surface area contributed by atoms with Gasteiger partial charge in [0.15, 0.2) is 0 Å². The zero-order valence-corrected chi connectivity index (χ0v) is 17.2. The first kappa shape index (κ1) is 21.1. The van der Waals surface area contributed by atoms with Gasteiger partial charge in [0.25, 0.3) is 22.1 Å². The highest BCUT2D eigenvalue weighted by Crippen LogP contribution is 2.25. The first-order valence-corrected chi connectivity index (χ1v) is 9.64. The van der Waals surface area contributed by atoms with Crippen molar-refractivity contribution in [3.63, 3.8) is 0 Å². The molecule has 0 bridgehead atoms. The molecule has 1 fully saturated rings. The van der Waals surface area contributed by atoms with Crippen LogP contribution in [-0.4, -0.2) is 54.4 Å². The summed E-state index contributed by atoms with van der Waals surface area (Å²) in [7, 11) is 4.76. The zero-order valence-electron chi connectivity index (χ0n) is 17.2. The molecule has 3 atom stereocenters. The lowest BCUT2D eigenvalue weighted by atomic mass is 9.53. The summed E-state index contributed by atoms with van der Waals surface area (Å²) in [5.41, 5.74) is 0. The van der Waals surface area contributed by atoms with Crippen LogP contribution >= 0.6 is 0 Å². The third kappa shape index (κ3) is 5.03. The van der Waals surface area contributed by atoms with Crippen LogP contribution in [0.1, 0.15) is 69.2 Å². The zero-order chi connectivity index (χ0) is 17.9. The summed E-state index contributed by atoms with van der Waals surface area (Å²) in [6.45, 7) is 23.8. The van der Waals surface area contributed by atoms with Crippen LogP contribution in [0.15, 0.2) is 0 Å². The van der Waals surface area contributed by atoms with Gasteiger partial charge in [-0.2, -0.15) is 0 Å². The maximum absolute atomic E-state index is 2.60. The van der Waals surface area contributed by atoms with Gasteiger partial charge in [-0.05, 0) is 42.2 Å². The van der Waals surface area contributed by atoms with E-state index in [1.807, 2.05) is 0 Å². The van der Waals surface area contributed by atoms with Gasteiger partial charge in [0.2, 0.25) is 0 Å². The lowest BCUT2D eigenvalue weighted by Gasteiger charge is -2.53. The second kappa shape index (κ2) is 8.96. The van der Waals surface area contributed by atoms with E-state index >= 15 is 0 Å². The third-order valence-electron chi connectivity index (χ3n) is 5.89. The lowest BCUT2D eigenvalue weighted by Crippen LogP contribution is -2.73. The lowest BCUT2D eigenvalue weighted by molar-refractivity contribution is 0.270. The van der Waals surface area contributed by atoms with Crippen molar-refractivity contribution >= 4 is 22.1 Å². The van der Waals surface area contributed by atoms with Crippen molar-refractivity contribution < 1.29 is 0 Å². The van der Waals surface area contributed by atoms with Crippen molar-refractivity contribution in [2.45, 2.75) is 93.7 Å². The van der Waals surface area contributed by atoms with Crippen LogP contribution in [0.2, 0.25) is 6.32 Å². The van der Waals surface area contributed by atoms with Gasteiger partial charge in [0.1, 0.15) is 0 Å². The Balaban J connectivity index is 3.11. The van der Waals surface area contributed by atoms with E-state index in [-0.39, 0.29) is 0 Å². The van der Waals surface area contributed by atoms with Crippen molar-refractivity contribution in [2.24, 2.45) is 17.8 Å². The number of nitrogens with zero attached hydrogens (tertiary/aromatic N) is 3. The Kier molecular flexibility index (Phi) is 8.23. The Morgan fingerprint density at radius 2 is 1.00 bits per heavy atom. The summed E-state index contributed by atoms with van der Waals surface area (Å²) in [6, 6.07) is 1.59. The second-order valence-electron chi connectivity index (χ2n) is 8.42. The standard InChI is InChI=1S/C17H38B3N3/c1-11-20-22(16(9)13(4)5)18-21(15(8)12(2)3)19-23(20)17(10)14(6)7/h12-17H,11H2,1-10H3. The molecule has 1 aliphatic heterocycles. The van der Waals surface area contributed by atoms with Crippen LogP contribution in [0.4, 0.5) is 0 Å². The largest absolute Gasteiger partial charge is 0.362 e. The maximum Gasteiger partial charge on any atom is 0.290 e. The Bertz CT molecular complexity index is 328. The quantitative estimate of drug-likeness (QED) is 0.664. The summed E-state index contributed by atoms with van der Waals surface area (Å²) in [5.74, 6) is 1.92. The van der Waals surface area contributed by atoms with Crippen LogP contribution < -0.4 is 0 Å². The molecule has 1 aliphatic rings. The molecule has 3 nitrogen and oxygen atoms in total. The van der Waals surface area contributed by atoms with E-state index < -0.39 is 0 Å². The van der Waals surface area contributed by atoms with Crippen LogP contribution in [0.3, 0.4) is 0 Å². The first-order valence-electron chi connectivity index (χ1n) is 9.64. The van der Waals surface area contributed by atoms with Crippen molar-refractivity contribution in [2.75, 3.05) is 0 Å². The van der Waals surface area contributed by atoms with E-state index in [0.717, 1.165) is 6.32 Å². The van der Waals surface area contributed by atoms with Crippen molar-refractivity contribution in [1.29, 1.82) is 0 Å². The highest BCUT2D eigenvalue weighted by atomic mass is 15.3. The predicted molar refractivity (Wildman–Crippen MR) is 106 cm³/mol. The van der Waals surface area contributed by atoms with Gasteiger partial charge in [-0.3, -0.25) is 0 Å². The smallest absolute Gasteiger partial charge is 0.290 e. The van der Waals surface area contributed by atoms with E-state index in [1.54, 1.807) is 0 Å². The molecule has 0 spiro atoms. The number of rotatable bonds is 7. The van der Waals surface area contributed by atoms with Crippen LogP contribution in [0, 0.1) is 17.8 Å². The summed E-state index contributed by atoms with van der Waals surface area (Å²) in [5, 5.41) is 0. The van der Waals surface area contributed by atoms with Crippen molar-refractivity contribution in [1.82, 2.24) is 14.2 Å². The van der Waals surface area contributed by atoms with Crippen LogP contribution in [0.5, 0.6) is 0 Å². The second-order valence-corrected chi connectivity index (χ2v) is 8.42. The molecule has 1 saturated heterocycles. The Hall–Kier alpha value is 0.0748. The fourth-order valence-electron chi connectivity index (χ4n) is 3.06. The molecule has 0 amide bonds. The first-order chi connectivity index (χ1) is 10.6. The van der Waals surface area contributed by atoms with E-state index in [2.05, 4.69) is 98.5 Å². The predicted octanol–water partition coefficient (Wildman–Crippen LogP) is 3.62. The molecule has 130 valence electrons. The molecule has 0 aliphatic carbocycles.